The Balaban J connectivity index is 1.34. The summed E-state index contributed by atoms with van der Waals surface area (Å²) >= 11 is 0. The second-order valence-corrected chi connectivity index (χ2v) is 7.99. The number of aromatic amines is 1. The fourth-order valence-corrected chi connectivity index (χ4v) is 3.60. The first-order valence-corrected chi connectivity index (χ1v) is 10.1. The zero-order valence-corrected chi connectivity index (χ0v) is 16.0. The largest absolute Gasteiger partial charge is 0.350 e. The number of fused-ring (bicyclic) bond motifs is 1. The van der Waals surface area contributed by atoms with E-state index in [0.717, 1.165) is 31.2 Å². The van der Waals surface area contributed by atoms with Crippen LogP contribution < -0.4 is 5.32 Å². The Bertz CT molecular complexity index is 1080. The number of hydrogen-bond acceptors (Lipinski definition) is 2. The molecule has 2 fully saturated rings. The molecule has 1 heterocycles. The number of benzene rings is 2. The van der Waals surface area contributed by atoms with Gasteiger partial charge in [0.05, 0.1) is 0 Å². The smallest absolute Gasteiger partial charge is 0.270 e. The number of rotatable bonds is 6. The summed E-state index contributed by atoms with van der Waals surface area (Å²) < 4.78 is 14.0. The summed E-state index contributed by atoms with van der Waals surface area (Å²) in [5, 5.41) is 3.41. The van der Waals surface area contributed by atoms with Gasteiger partial charge in [0.15, 0.2) is 0 Å². The molecule has 2 saturated carbocycles. The maximum atomic E-state index is 14.0. The van der Waals surface area contributed by atoms with Crippen molar-refractivity contribution in [3.05, 3.63) is 71.2 Å². The molecule has 0 saturated heterocycles. The predicted molar refractivity (Wildman–Crippen MR) is 108 cm³/mol. The van der Waals surface area contributed by atoms with Crippen molar-refractivity contribution in [3.8, 4) is 0 Å². The van der Waals surface area contributed by atoms with E-state index in [1.807, 2.05) is 17.0 Å². The van der Waals surface area contributed by atoms with Crippen LogP contribution in [0, 0.1) is 5.82 Å². The highest BCUT2D eigenvalue weighted by Crippen LogP contribution is 2.31. The third-order valence-corrected chi connectivity index (χ3v) is 5.57. The van der Waals surface area contributed by atoms with Crippen molar-refractivity contribution in [2.24, 2.45) is 0 Å². The molecule has 29 heavy (non-hydrogen) atoms. The molecule has 2 aromatic carbocycles. The predicted octanol–water partition coefficient (Wildman–Crippen LogP) is 4.00. The van der Waals surface area contributed by atoms with Gasteiger partial charge in [-0.1, -0.05) is 18.2 Å². The molecule has 0 atom stereocenters. The van der Waals surface area contributed by atoms with Gasteiger partial charge in [0, 0.05) is 35.1 Å². The number of amides is 2. The van der Waals surface area contributed by atoms with Crippen molar-refractivity contribution in [1.82, 2.24) is 15.2 Å². The minimum absolute atomic E-state index is 0.0470. The quantitative estimate of drug-likeness (QED) is 0.667. The molecule has 2 N–H and O–H groups in total. The molecule has 0 radical (unpaired) electrons. The van der Waals surface area contributed by atoms with Crippen LogP contribution in [0.25, 0.3) is 10.9 Å². The maximum absolute atomic E-state index is 14.0. The van der Waals surface area contributed by atoms with Gasteiger partial charge in [0.2, 0.25) is 0 Å². The lowest BCUT2D eigenvalue weighted by atomic mass is 10.1. The molecule has 0 bridgehead atoms. The molecule has 5 nitrogen and oxygen atoms in total. The second-order valence-electron chi connectivity index (χ2n) is 7.99. The molecular weight excluding hydrogens is 369 g/mol. The monoisotopic (exact) mass is 391 g/mol. The highest BCUT2D eigenvalue weighted by molar-refractivity contribution is 5.98. The van der Waals surface area contributed by atoms with Crippen molar-refractivity contribution in [2.45, 2.75) is 44.3 Å². The Kier molecular flexibility index (Phi) is 4.34. The van der Waals surface area contributed by atoms with E-state index in [0.29, 0.717) is 34.7 Å². The van der Waals surface area contributed by atoms with E-state index in [9.17, 15) is 14.0 Å². The van der Waals surface area contributed by atoms with E-state index in [4.69, 9.17) is 0 Å². The lowest BCUT2D eigenvalue weighted by molar-refractivity contribution is 0.0724. The number of carbonyl (C=O) groups is 2. The van der Waals surface area contributed by atoms with E-state index in [1.54, 1.807) is 30.3 Å². The van der Waals surface area contributed by atoms with Crippen molar-refractivity contribution in [1.29, 1.82) is 0 Å². The highest BCUT2D eigenvalue weighted by Gasteiger charge is 2.34. The van der Waals surface area contributed by atoms with Crippen LogP contribution >= 0.6 is 0 Å². The third kappa shape index (κ3) is 3.75. The summed E-state index contributed by atoms with van der Waals surface area (Å²) in [6.07, 6.45) is 4.06. The minimum Gasteiger partial charge on any atom is -0.350 e. The van der Waals surface area contributed by atoms with E-state index >= 15 is 0 Å². The number of halogens is 1. The molecule has 2 aliphatic rings. The number of nitrogens with one attached hydrogen (secondary N) is 2. The summed E-state index contributed by atoms with van der Waals surface area (Å²) in [4.78, 5) is 30.1. The van der Waals surface area contributed by atoms with Gasteiger partial charge < -0.3 is 15.2 Å². The average Bonchev–Trinajstić information content (AvgIpc) is 3.65. The summed E-state index contributed by atoms with van der Waals surface area (Å²) in [7, 11) is 0. The highest BCUT2D eigenvalue weighted by atomic mass is 19.1. The van der Waals surface area contributed by atoms with Gasteiger partial charge in [-0.15, -0.1) is 0 Å². The van der Waals surface area contributed by atoms with Gasteiger partial charge in [-0.05, 0) is 61.6 Å². The topological polar surface area (TPSA) is 65.2 Å². The first kappa shape index (κ1) is 17.9. The molecule has 3 aromatic rings. The van der Waals surface area contributed by atoms with E-state index in [-0.39, 0.29) is 23.7 Å². The number of nitrogens with zero attached hydrogens (tertiary/aromatic N) is 1. The number of H-pyrrole nitrogens is 1. The summed E-state index contributed by atoms with van der Waals surface area (Å²) in [6.45, 7) is 0.464. The Morgan fingerprint density at radius 2 is 1.83 bits per heavy atom. The normalized spacial score (nSPS) is 16.0. The van der Waals surface area contributed by atoms with Crippen molar-refractivity contribution >= 4 is 22.7 Å². The van der Waals surface area contributed by atoms with Crippen LogP contribution in [-0.2, 0) is 6.54 Å². The van der Waals surface area contributed by atoms with Gasteiger partial charge in [0.1, 0.15) is 11.5 Å². The second kappa shape index (κ2) is 7.03. The van der Waals surface area contributed by atoms with Gasteiger partial charge in [-0.3, -0.25) is 9.59 Å². The summed E-state index contributed by atoms with van der Waals surface area (Å²) in [5.41, 5.74) is 2.62. The average molecular weight is 391 g/mol. The number of aromatic nitrogens is 1. The van der Waals surface area contributed by atoms with Gasteiger partial charge in [0.25, 0.3) is 11.8 Å². The fourth-order valence-electron chi connectivity index (χ4n) is 3.60. The molecule has 2 aliphatic carbocycles. The third-order valence-electron chi connectivity index (χ3n) is 5.57. The first-order chi connectivity index (χ1) is 14.1. The molecule has 148 valence electrons. The Morgan fingerprint density at radius 1 is 1.07 bits per heavy atom. The Labute approximate surface area is 167 Å². The van der Waals surface area contributed by atoms with Crippen molar-refractivity contribution < 1.29 is 14.0 Å². The molecule has 0 aliphatic heterocycles. The van der Waals surface area contributed by atoms with Gasteiger partial charge in [-0.2, -0.15) is 0 Å². The molecule has 0 unspecified atom stereocenters. The van der Waals surface area contributed by atoms with Crippen LogP contribution in [0.1, 0.15) is 52.1 Å². The zero-order chi connectivity index (χ0) is 20.0. The lowest BCUT2D eigenvalue weighted by Gasteiger charge is -2.22. The fraction of sp³-hybridized carbons (Fsp3) is 0.304. The molecule has 2 amide bonds. The van der Waals surface area contributed by atoms with E-state index < -0.39 is 0 Å². The molecule has 1 aromatic heterocycles. The van der Waals surface area contributed by atoms with E-state index in [1.165, 1.54) is 6.07 Å². The van der Waals surface area contributed by atoms with Crippen LogP contribution in [0.3, 0.4) is 0 Å². The lowest BCUT2D eigenvalue weighted by Crippen LogP contribution is -2.32. The Morgan fingerprint density at radius 3 is 2.48 bits per heavy atom. The van der Waals surface area contributed by atoms with Gasteiger partial charge >= 0.3 is 0 Å². The van der Waals surface area contributed by atoms with Crippen LogP contribution in [-0.4, -0.2) is 33.8 Å². The minimum atomic E-state index is -0.337. The summed E-state index contributed by atoms with van der Waals surface area (Å²) in [6, 6.07) is 14.3. The Hall–Kier alpha value is -3.15. The van der Waals surface area contributed by atoms with Crippen LogP contribution in [0.15, 0.2) is 48.5 Å². The van der Waals surface area contributed by atoms with E-state index in [2.05, 4.69) is 10.3 Å². The molecular formula is C23H22FN3O2. The van der Waals surface area contributed by atoms with Crippen LogP contribution in [0.5, 0.6) is 0 Å². The molecule has 6 heteroatoms. The van der Waals surface area contributed by atoms with Crippen LogP contribution in [0.2, 0.25) is 0 Å². The first-order valence-electron chi connectivity index (χ1n) is 10.1. The molecule has 5 rings (SSSR count). The standard InChI is InChI=1S/C23H22FN3O2/c24-19-2-1-3-20-18(19)12-21(26-20)23(29)27(17-10-11-17)13-14-4-6-15(7-5-14)22(28)25-16-8-9-16/h1-7,12,16-17,26H,8-11,13H2,(H,25,28). The van der Waals surface area contributed by atoms with Crippen molar-refractivity contribution in [2.75, 3.05) is 0 Å². The maximum Gasteiger partial charge on any atom is 0.270 e. The van der Waals surface area contributed by atoms with Gasteiger partial charge in [-0.25, -0.2) is 4.39 Å². The van der Waals surface area contributed by atoms with Crippen LogP contribution in [0.4, 0.5) is 4.39 Å². The molecule has 0 spiro atoms. The number of hydrogen-bond donors (Lipinski definition) is 2. The number of carbonyl (C=O) groups excluding carboxylic acids is 2. The zero-order valence-electron chi connectivity index (χ0n) is 16.0. The SMILES string of the molecule is O=C(NC1CC1)c1ccc(CN(C(=O)c2cc3c(F)cccc3[nH]2)C2CC2)cc1. The summed E-state index contributed by atoms with van der Waals surface area (Å²) in [5.74, 6) is -0.510. The van der Waals surface area contributed by atoms with Crippen molar-refractivity contribution in [3.63, 3.8) is 0 Å².